The van der Waals surface area contributed by atoms with Gasteiger partial charge in [-0.3, -0.25) is 4.79 Å². The zero-order valence-electron chi connectivity index (χ0n) is 17.9. The highest BCUT2D eigenvalue weighted by Gasteiger charge is 2.24. The smallest absolute Gasteiger partial charge is 0.255 e. The van der Waals surface area contributed by atoms with Crippen molar-refractivity contribution in [3.63, 3.8) is 0 Å². The summed E-state index contributed by atoms with van der Waals surface area (Å²) in [4.78, 5) is 21.4. The molecule has 0 unspecified atom stereocenters. The molecule has 0 fully saturated rings. The molecule has 2 N–H and O–H groups in total. The van der Waals surface area contributed by atoms with Gasteiger partial charge in [-0.25, -0.2) is 20.0 Å². The van der Waals surface area contributed by atoms with E-state index in [1.54, 1.807) is 30.8 Å². The van der Waals surface area contributed by atoms with E-state index in [2.05, 4.69) is 50.0 Å². The first-order valence-corrected chi connectivity index (χ1v) is 13.0. The molecule has 2 rings (SSSR count). The van der Waals surface area contributed by atoms with Crippen molar-refractivity contribution in [2.45, 2.75) is 40.0 Å². The number of fused-ring (bicyclic) bond motifs is 1. The first kappa shape index (κ1) is 24.9. The largest absolute Gasteiger partial charge is 0.394 e. The summed E-state index contributed by atoms with van der Waals surface area (Å²) in [5, 5.41) is 12.2. The van der Waals surface area contributed by atoms with Crippen LogP contribution in [-0.2, 0) is 11.5 Å². The number of nitrogens with zero attached hydrogens (tertiary/aromatic N) is 3. The summed E-state index contributed by atoms with van der Waals surface area (Å²) in [5.41, 5.74) is 0.760. The molecule has 0 atom stereocenters. The Labute approximate surface area is 177 Å². The summed E-state index contributed by atoms with van der Waals surface area (Å²) in [6.07, 6.45) is 10.0. The molecule has 7 nitrogen and oxygen atoms in total. The Kier molecular flexibility index (Phi) is 9.39. The van der Waals surface area contributed by atoms with Gasteiger partial charge in [-0.05, 0) is 48.5 Å². The number of carbonyl (C=O) groups excluding carboxylic acids is 1. The molecule has 2 aromatic rings. The maximum Gasteiger partial charge on any atom is 0.255 e. The van der Waals surface area contributed by atoms with Gasteiger partial charge in [-0.15, -0.1) is 0 Å². The lowest BCUT2D eigenvalue weighted by molar-refractivity contribution is 0.0863. The van der Waals surface area contributed by atoms with Gasteiger partial charge in [0.15, 0.2) is 5.65 Å². The summed E-state index contributed by atoms with van der Waals surface area (Å²) in [6.45, 7) is 8.30. The lowest BCUT2D eigenvalue weighted by Crippen LogP contribution is -2.46. The Balaban J connectivity index is 0.00000190. The van der Waals surface area contributed by atoms with Crippen molar-refractivity contribution < 1.29 is 14.6 Å². The van der Waals surface area contributed by atoms with Crippen LogP contribution in [0.5, 0.6) is 0 Å². The van der Waals surface area contributed by atoms with Crippen LogP contribution in [-0.4, -0.2) is 68.8 Å². The summed E-state index contributed by atoms with van der Waals surface area (Å²) in [6, 6.07) is 0. The fourth-order valence-corrected chi connectivity index (χ4v) is 3.08. The average molecular weight is 477 g/mol. The second-order valence-corrected chi connectivity index (χ2v) is 13.1. The zero-order valence-corrected chi connectivity index (χ0v) is 20.3. The van der Waals surface area contributed by atoms with Gasteiger partial charge < -0.3 is 19.7 Å². The Morgan fingerprint density at radius 2 is 2.00 bits per heavy atom. The maximum absolute atomic E-state index is 12.7. The number of aromatic nitrogens is 3. The Morgan fingerprint density at radius 1 is 1.36 bits per heavy atom. The second kappa shape index (κ2) is 10.6. The van der Waals surface area contributed by atoms with Crippen LogP contribution in [0.2, 0.25) is 0 Å². The molecule has 1 amide bonds. The number of hydrogen-bond acceptors (Lipinski definition) is 5. The van der Waals surface area contributed by atoms with Gasteiger partial charge in [0.05, 0.1) is 30.5 Å². The van der Waals surface area contributed by atoms with Crippen LogP contribution in [0.4, 0.5) is 0 Å². The van der Waals surface area contributed by atoms with Crippen molar-refractivity contribution in [1.82, 2.24) is 19.9 Å². The molecule has 2 heterocycles. The van der Waals surface area contributed by atoms with E-state index in [4.69, 9.17) is 4.74 Å². The number of rotatable bonds is 8. The average Bonchev–Trinajstić information content (AvgIpc) is 2.97. The Bertz CT molecular complexity index is 787. The minimum Gasteiger partial charge on any atom is -0.394 e. The fraction of sp³-hybridized carbons (Fsp3) is 0.632. The SMILES string of the molecule is CC.CC(C)(CO)NC(=O)c1cn(COCCS(C)(C)C)c2ncc(Br)nc12. The van der Waals surface area contributed by atoms with E-state index in [1.165, 1.54) is 0 Å². The molecular weight excluding hydrogens is 444 g/mol. The van der Waals surface area contributed by atoms with Crippen molar-refractivity contribution in [3.05, 3.63) is 22.6 Å². The number of aliphatic hydroxyl groups excluding tert-OH is 1. The number of hydrogen-bond donors (Lipinski definition) is 2. The van der Waals surface area contributed by atoms with E-state index in [1.807, 2.05) is 13.8 Å². The molecule has 0 spiro atoms. The lowest BCUT2D eigenvalue weighted by atomic mass is 10.1. The van der Waals surface area contributed by atoms with Crippen LogP contribution >= 0.6 is 26.0 Å². The molecule has 0 bridgehead atoms. The summed E-state index contributed by atoms with van der Waals surface area (Å²) in [7, 11) is -0.614. The number of ether oxygens (including phenoxy) is 1. The van der Waals surface area contributed by atoms with Gasteiger partial charge in [0.2, 0.25) is 0 Å². The molecule has 2 aromatic heterocycles. The van der Waals surface area contributed by atoms with E-state index in [0.717, 1.165) is 5.75 Å². The Morgan fingerprint density at radius 3 is 2.57 bits per heavy atom. The second-order valence-electron chi connectivity index (χ2n) is 7.71. The van der Waals surface area contributed by atoms with Gasteiger partial charge in [-0.2, -0.15) is 0 Å². The molecule has 0 radical (unpaired) electrons. The lowest BCUT2D eigenvalue weighted by Gasteiger charge is -2.24. The van der Waals surface area contributed by atoms with Gasteiger partial charge in [0.25, 0.3) is 5.91 Å². The van der Waals surface area contributed by atoms with Gasteiger partial charge >= 0.3 is 0 Å². The number of halogens is 1. The standard InChI is InChI=1S/C17H27BrN4O3S.C2H6/c1-17(2,10-23)21-16(24)12-9-22(11-25-6-7-26(3,4)5)15-14(12)20-13(18)8-19-15;1-2/h8-9,23H,6-7,10-11H2,1-5H3,(H,21,24);1-2H3. The number of amides is 1. The van der Waals surface area contributed by atoms with Crippen molar-refractivity contribution in [2.24, 2.45) is 0 Å². The van der Waals surface area contributed by atoms with E-state index in [0.29, 0.717) is 34.7 Å². The molecule has 9 heteroatoms. The summed E-state index contributed by atoms with van der Waals surface area (Å²) >= 11 is 3.30. The van der Waals surface area contributed by atoms with Crippen LogP contribution in [0.3, 0.4) is 0 Å². The topological polar surface area (TPSA) is 89.3 Å². The summed E-state index contributed by atoms with van der Waals surface area (Å²) in [5.74, 6) is 0.709. The molecule has 0 saturated carbocycles. The van der Waals surface area contributed by atoms with Crippen LogP contribution in [0, 0.1) is 0 Å². The molecule has 160 valence electrons. The monoisotopic (exact) mass is 476 g/mol. The third-order valence-electron chi connectivity index (χ3n) is 3.70. The predicted octanol–water partition coefficient (Wildman–Crippen LogP) is 3.39. The van der Waals surface area contributed by atoms with Gasteiger partial charge in [0.1, 0.15) is 16.9 Å². The zero-order chi connectivity index (χ0) is 21.5. The first-order chi connectivity index (χ1) is 13.0. The van der Waals surface area contributed by atoms with E-state index < -0.39 is 15.6 Å². The van der Waals surface area contributed by atoms with Crippen molar-refractivity contribution >= 4 is 43.0 Å². The highest BCUT2D eigenvalue weighted by molar-refractivity contribution is 9.10. The first-order valence-electron chi connectivity index (χ1n) is 9.21. The molecule has 0 aliphatic heterocycles. The van der Waals surface area contributed by atoms with Crippen molar-refractivity contribution in [3.8, 4) is 0 Å². The maximum atomic E-state index is 12.7. The molecule has 0 aliphatic rings. The van der Waals surface area contributed by atoms with Crippen molar-refractivity contribution in [1.29, 1.82) is 0 Å². The quantitative estimate of drug-likeness (QED) is 0.569. The highest BCUT2D eigenvalue weighted by atomic mass is 79.9. The predicted molar refractivity (Wildman–Crippen MR) is 121 cm³/mol. The van der Waals surface area contributed by atoms with Gasteiger partial charge in [-0.1, -0.05) is 13.8 Å². The fourth-order valence-electron chi connectivity index (χ4n) is 2.18. The molecular formula is C19H33BrN4O3S. The van der Waals surface area contributed by atoms with Crippen LogP contribution in [0.15, 0.2) is 17.0 Å². The molecule has 0 aliphatic carbocycles. The van der Waals surface area contributed by atoms with Crippen LogP contribution in [0.1, 0.15) is 38.1 Å². The van der Waals surface area contributed by atoms with Gasteiger partial charge in [0, 0.05) is 11.9 Å². The Hall–Kier alpha value is -1.16. The normalized spacial score (nSPS) is 12.5. The molecule has 0 saturated heterocycles. The van der Waals surface area contributed by atoms with Crippen molar-refractivity contribution in [2.75, 3.05) is 37.7 Å². The molecule has 28 heavy (non-hydrogen) atoms. The van der Waals surface area contributed by atoms with Crippen LogP contribution in [0.25, 0.3) is 11.2 Å². The number of aliphatic hydroxyl groups is 1. The van der Waals surface area contributed by atoms with E-state index in [9.17, 15) is 9.90 Å². The third kappa shape index (κ3) is 7.35. The minimum absolute atomic E-state index is 0.162. The molecule has 0 aromatic carbocycles. The van der Waals surface area contributed by atoms with E-state index >= 15 is 0 Å². The van der Waals surface area contributed by atoms with Crippen LogP contribution < -0.4 is 5.32 Å². The number of nitrogens with one attached hydrogen (secondary N) is 1. The third-order valence-corrected chi connectivity index (χ3v) is 5.47. The van der Waals surface area contributed by atoms with E-state index in [-0.39, 0.29) is 12.5 Å². The summed E-state index contributed by atoms with van der Waals surface area (Å²) < 4.78 is 8.12. The minimum atomic E-state index is -0.725. The highest BCUT2D eigenvalue weighted by Crippen LogP contribution is 2.33. The number of carbonyl (C=O) groups is 1.